The Balaban J connectivity index is 1.80. The molecule has 1 atom stereocenters. The average molecular weight is 316 g/mol. The number of para-hydroxylation sites is 1. The Morgan fingerprint density at radius 2 is 1.86 bits per heavy atom. The zero-order valence-corrected chi connectivity index (χ0v) is 13.4. The minimum Gasteiger partial charge on any atom is -0.382 e. The van der Waals surface area contributed by atoms with Crippen molar-refractivity contribution in [1.82, 2.24) is 5.32 Å². The van der Waals surface area contributed by atoms with E-state index in [1.54, 1.807) is 12.1 Å². The predicted octanol–water partition coefficient (Wildman–Crippen LogP) is 2.39. The first kappa shape index (κ1) is 15.1. The van der Waals surface area contributed by atoms with Crippen LogP contribution >= 0.6 is 0 Å². The van der Waals surface area contributed by atoms with Crippen LogP contribution in [0.4, 0.5) is 5.69 Å². The van der Waals surface area contributed by atoms with Crippen molar-refractivity contribution in [2.24, 2.45) is 0 Å². The molecule has 1 heterocycles. The van der Waals surface area contributed by atoms with E-state index in [0.29, 0.717) is 17.1 Å². The molecule has 3 rings (SSSR count). The number of fused-ring (bicyclic) bond motifs is 1. The van der Waals surface area contributed by atoms with E-state index < -0.39 is 9.84 Å². The van der Waals surface area contributed by atoms with Crippen LogP contribution in [0.5, 0.6) is 0 Å². The molecular formula is C17H20N2O2S. The SMILES string of the molecule is CS(=O)(=O)c1ccccc1NCC1NCCc2ccccc21. The van der Waals surface area contributed by atoms with Gasteiger partial charge in [0.05, 0.1) is 10.6 Å². The van der Waals surface area contributed by atoms with Crippen LogP contribution in [0, 0.1) is 0 Å². The Kier molecular flexibility index (Phi) is 4.18. The largest absolute Gasteiger partial charge is 0.382 e. The standard InChI is InChI=1S/C17H20N2O2S/c1-22(20,21)17-9-5-4-8-15(17)19-12-16-14-7-3-2-6-13(14)10-11-18-16/h2-9,16,18-19H,10-12H2,1H3. The number of hydrogen-bond donors (Lipinski definition) is 2. The van der Waals surface area contributed by atoms with Gasteiger partial charge in [0.2, 0.25) is 0 Å². The Labute approximate surface area is 131 Å². The summed E-state index contributed by atoms with van der Waals surface area (Å²) in [5.41, 5.74) is 3.32. The fourth-order valence-corrected chi connectivity index (χ4v) is 3.79. The molecule has 1 aliphatic rings. The monoisotopic (exact) mass is 316 g/mol. The maximum atomic E-state index is 11.8. The molecule has 0 saturated carbocycles. The minimum atomic E-state index is -3.23. The number of anilines is 1. The van der Waals surface area contributed by atoms with Gasteiger partial charge in [-0.15, -0.1) is 0 Å². The second-order valence-corrected chi connectivity index (χ2v) is 7.59. The van der Waals surface area contributed by atoms with Crippen molar-refractivity contribution < 1.29 is 8.42 Å². The molecule has 1 aliphatic heterocycles. The normalized spacial score (nSPS) is 17.8. The highest BCUT2D eigenvalue weighted by Crippen LogP contribution is 2.25. The van der Waals surface area contributed by atoms with E-state index in [-0.39, 0.29) is 6.04 Å². The molecule has 1 unspecified atom stereocenters. The summed E-state index contributed by atoms with van der Waals surface area (Å²) in [4.78, 5) is 0.346. The topological polar surface area (TPSA) is 58.2 Å². The second-order valence-electron chi connectivity index (χ2n) is 5.60. The summed E-state index contributed by atoms with van der Waals surface area (Å²) >= 11 is 0. The van der Waals surface area contributed by atoms with Gasteiger partial charge in [0.1, 0.15) is 0 Å². The van der Waals surface area contributed by atoms with Crippen LogP contribution in [0.15, 0.2) is 53.4 Å². The van der Waals surface area contributed by atoms with Gasteiger partial charge in [-0.2, -0.15) is 0 Å². The zero-order valence-electron chi connectivity index (χ0n) is 12.5. The lowest BCUT2D eigenvalue weighted by atomic mass is 9.94. The number of hydrogen-bond acceptors (Lipinski definition) is 4. The number of sulfone groups is 1. The van der Waals surface area contributed by atoms with E-state index in [1.807, 2.05) is 18.2 Å². The van der Waals surface area contributed by atoms with E-state index in [9.17, 15) is 8.42 Å². The van der Waals surface area contributed by atoms with Crippen LogP contribution < -0.4 is 10.6 Å². The molecule has 0 fully saturated rings. The van der Waals surface area contributed by atoms with Gasteiger partial charge in [0.25, 0.3) is 0 Å². The van der Waals surface area contributed by atoms with Crippen molar-refractivity contribution in [2.75, 3.05) is 24.7 Å². The summed E-state index contributed by atoms with van der Waals surface area (Å²) in [5.74, 6) is 0. The van der Waals surface area contributed by atoms with E-state index in [0.717, 1.165) is 13.0 Å². The second kappa shape index (κ2) is 6.10. The predicted molar refractivity (Wildman–Crippen MR) is 88.9 cm³/mol. The van der Waals surface area contributed by atoms with Crippen molar-refractivity contribution in [3.05, 3.63) is 59.7 Å². The number of benzene rings is 2. The molecule has 0 bridgehead atoms. The van der Waals surface area contributed by atoms with Gasteiger partial charge in [-0.1, -0.05) is 36.4 Å². The van der Waals surface area contributed by atoms with Crippen molar-refractivity contribution >= 4 is 15.5 Å². The third-order valence-electron chi connectivity index (χ3n) is 4.00. The van der Waals surface area contributed by atoms with Gasteiger partial charge in [-0.3, -0.25) is 0 Å². The third-order valence-corrected chi connectivity index (χ3v) is 5.15. The first-order valence-corrected chi connectivity index (χ1v) is 9.29. The van der Waals surface area contributed by atoms with Crippen LogP contribution in [0.25, 0.3) is 0 Å². The highest BCUT2D eigenvalue weighted by Gasteiger charge is 2.20. The fourth-order valence-electron chi connectivity index (χ4n) is 2.92. The highest BCUT2D eigenvalue weighted by molar-refractivity contribution is 7.90. The molecule has 5 heteroatoms. The summed E-state index contributed by atoms with van der Waals surface area (Å²) in [7, 11) is -3.23. The Morgan fingerprint density at radius 1 is 1.14 bits per heavy atom. The van der Waals surface area contributed by atoms with Crippen LogP contribution in [-0.4, -0.2) is 27.8 Å². The van der Waals surface area contributed by atoms with Gasteiger partial charge in [0.15, 0.2) is 9.84 Å². The lowest BCUT2D eigenvalue weighted by molar-refractivity contribution is 0.523. The third kappa shape index (κ3) is 3.15. The van der Waals surface area contributed by atoms with Crippen molar-refractivity contribution in [1.29, 1.82) is 0 Å². The van der Waals surface area contributed by atoms with Crippen LogP contribution in [0.3, 0.4) is 0 Å². The van der Waals surface area contributed by atoms with Gasteiger partial charge >= 0.3 is 0 Å². The smallest absolute Gasteiger partial charge is 0.177 e. The fraction of sp³-hybridized carbons (Fsp3) is 0.294. The summed E-state index contributed by atoms with van der Waals surface area (Å²) in [6, 6.07) is 15.6. The van der Waals surface area contributed by atoms with Crippen molar-refractivity contribution in [3.8, 4) is 0 Å². The average Bonchev–Trinajstić information content (AvgIpc) is 2.52. The van der Waals surface area contributed by atoms with Gasteiger partial charge in [-0.25, -0.2) is 8.42 Å². The quantitative estimate of drug-likeness (QED) is 0.909. The maximum Gasteiger partial charge on any atom is 0.177 e. The minimum absolute atomic E-state index is 0.192. The first-order chi connectivity index (χ1) is 10.6. The molecule has 0 amide bonds. The molecule has 2 aromatic rings. The van der Waals surface area contributed by atoms with Crippen LogP contribution in [0.2, 0.25) is 0 Å². The highest BCUT2D eigenvalue weighted by atomic mass is 32.2. The van der Waals surface area contributed by atoms with Crippen LogP contribution in [-0.2, 0) is 16.3 Å². The van der Waals surface area contributed by atoms with E-state index >= 15 is 0 Å². The molecule has 116 valence electrons. The van der Waals surface area contributed by atoms with Crippen molar-refractivity contribution in [2.45, 2.75) is 17.4 Å². The molecule has 0 aromatic heterocycles. The number of nitrogens with one attached hydrogen (secondary N) is 2. The molecule has 0 aliphatic carbocycles. The summed E-state index contributed by atoms with van der Waals surface area (Å²) < 4.78 is 23.7. The molecule has 22 heavy (non-hydrogen) atoms. The number of rotatable bonds is 4. The van der Waals surface area contributed by atoms with E-state index in [1.165, 1.54) is 17.4 Å². The van der Waals surface area contributed by atoms with Gasteiger partial charge < -0.3 is 10.6 Å². The Bertz CT molecular complexity index is 772. The van der Waals surface area contributed by atoms with E-state index in [4.69, 9.17) is 0 Å². The zero-order chi connectivity index (χ0) is 15.6. The first-order valence-electron chi connectivity index (χ1n) is 7.40. The molecular weight excluding hydrogens is 296 g/mol. The lowest BCUT2D eigenvalue weighted by Gasteiger charge is -2.27. The molecule has 0 radical (unpaired) electrons. The Morgan fingerprint density at radius 3 is 2.68 bits per heavy atom. The van der Waals surface area contributed by atoms with Crippen molar-refractivity contribution in [3.63, 3.8) is 0 Å². The maximum absolute atomic E-state index is 11.8. The molecule has 4 nitrogen and oxygen atoms in total. The van der Waals surface area contributed by atoms with Crippen LogP contribution in [0.1, 0.15) is 17.2 Å². The molecule has 2 N–H and O–H groups in total. The molecule has 0 saturated heterocycles. The summed E-state index contributed by atoms with van der Waals surface area (Å²) in [6.07, 6.45) is 2.27. The molecule has 2 aromatic carbocycles. The van der Waals surface area contributed by atoms with Gasteiger partial charge in [-0.05, 0) is 36.2 Å². The molecule has 0 spiro atoms. The van der Waals surface area contributed by atoms with E-state index in [2.05, 4.69) is 28.8 Å². The summed E-state index contributed by atoms with van der Waals surface area (Å²) in [5, 5.41) is 6.78. The van der Waals surface area contributed by atoms with Gasteiger partial charge in [0, 0.05) is 18.8 Å². The Hall–Kier alpha value is -1.85. The summed E-state index contributed by atoms with van der Waals surface area (Å²) in [6.45, 7) is 1.60. The lowest BCUT2D eigenvalue weighted by Crippen LogP contribution is -2.34.